The quantitative estimate of drug-likeness (QED) is 0.716. The van der Waals surface area contributed by atoms with Crippen LogP contribution < -0.4 is 0 Å². The summed E-state index contributed by atoms with van der Waals surface area (Å²) in [6.45, 7) is 2.19. The monoisotopic (exact) mass is 202 g/mol. The van der Waals surface area contributed by atoms with Crippen molar-refractivity contribution in [2.75, 3.05) is 0 Å². The average molecular weight is 202 g/mol. The molecule has 1 aliphatic rings. The fourth-order valence-corrected chi connectivity index (χ4v) is 2.54. The maximum absolute atomic E-state index is 11.6. The smallest absolute Gasteiger partial charge is 0.133 e. The molecule has 1 fully saturated rings. The summed E-state index contributed by atoms with van der Waals surface area (Å²) in [6, 6.07) is 10.5. The Morgan fingerprint density at radius 3 is 2.60 bits per heavy atom. The normalized spacial score (nSPS) is 26.6. The molecule has 0 aliphatic heterocycles. The lowest BCUT2D eigenvalue weighted by molar-refractivity contribution is -0.122. The maximum atomic E-state index is 11.6. The zero-order valence-electron chi connectivity index (χ0n) is 9.28. The molecule has 2 rings (SSSR count). The largest absolute Gasteiger partial charge is 0.300 e. The molecule has 1 heteroatoms. The van der Waals surface area contributed by atoms with Crippen molar-refractivity contribution in [3.63, 3.8) is 0 Å². The summed E-state index contributed by atoms with van der Waals surface area (Å²) in [5.41, 5.74) is 1.34. The minimum absolute atomic E-state index is 0.446. The van der Waals surface area contributed by atoms with E-state index in [1.807, 2.05) is 6.07 Å². The molecule has 1 saturated carbocycles. The molecule has 1 aromatic rings. The van der Waals surface area contributed by atoms with E-state index in [-0.39, 0.29) is 0 Å². The molecule has 0 spiro atoms. The number of rotatable bonds is 2. The Morgan fingerprint density at radius 1 is 1.20 bits per heavy atom. The Hall–Kier alpha value is -1.11. The van der Waals surface area contributed by atoms with Gasteiger partial charge < -0.3 is 0 Å². The van der Waals surface area contributed by atoms with Crippen LogP contribution in [0.2, 0.25) is 0 Å². The van der Waals surface area contributed by atoms with Gasteiger partial charge in [-0.05, 0) is 23.8 Å². The maximum Gasteiger partial charge on any atom is 0.133 e. The molecule has 15 heavy (non-hydrogen) atoms. The van der Waals surface area contributed by atoms with Crippen molar-refractivity contribution in [2.24, 2.45) is 5.92 Å². The third kappa shape index (κ3) is 2.47. The van der Waals surface area contributed by atoms with Crippen molar-refractivity contribution in [1.82, 2.24) is 0 Å². The second-order valence-electron chi connectivity index (χ2n) is 4.56. The van der Waals surface area contributed by atoms with E-state index in [2.05, 4.69) is 31.2 Å². The van der Waals surface area contributed by atoms with Crippen molar-refractivity contribution < 1.29 is 4.79 Å². The molecule has 1 aromatic carbocycles. The number of carbonyl (C=O) groups excluding carboxylic acids is 1. The Bertz CT molecular complexity index is 328. The summed E-state index contributed by atoms with van der Waals surface area (Å²) in [4.78, 5) is 11.6. The topological polar surface area (TPSA) is 17.1 Å². The van der Waals surface area contributed by atoms with Gasteiger partial charge >= 0.3 is 0 Å². The van der Waals surface area contributed by atoms with Crippen LogP contribution in [-0.4, -0.2) is 5.78 Å². The second-order valence-corrected chi connectivity index (χ2v) is 4.56. The molecule has 0 saturated heterocycles. The molecular formula is C14H18O. The van der Waals surface area contributed by atoms with Gasteiger partial charge in [0.05, 0.1) is 0 Å². The van der Waals surface area contributed by atoms with Gasteiger partial charge in [-0.15, -0.1) is 0 Å². The molecular weight excluding hydrogens is 184 g/mol. The van der Waals surface area contributed by atoms with Crippen LogP contribution in [0.25, 0.3) is 0 Å². The SMILES string of the molecule is CC[C@@H]1CC(=O)C[C@@H](c2ccccc2)C1. The molecule has 0 unspecified atom stereocenters. The zero-order valence-corrected chi connectivity index (χ0v) is 9.28. The number of hydrogen-bond acceptors (Lipinski definition) is 1. The van der Waals surface area contributed by atoms with Crippen LogP contribution >= 0.6 is 0 Å². The molecule has 80 valence electrons. The van der Waals surface area contributed by atoms with Gasteiger partial charge in [-0.3, -0.25) is 4.79 Å². The highest BCUT2D eigenvalue weighted by atomic mass is 16.1. The molecule has 1 nitrogen and oxygen atoms in total. The Kier molecular flexibility index (Phi) is 3.20. The van der Waals surface area contributed by atoms with E-state index in [9.17, 15) is 4.79 Å². The van der Waals surface area contributed by atoms with Crippen molar-refractivity contribution in [1.29, 1.82) is 0 Å². The van der Waals surface area contributed by atoms with Gasteiger partial charge in [-0.1, -0.05) is 43.7 Å². The lowest BCUT2D eigenvalue weighted by Gasteiger charge is -2.27. The standard InChI is InChI=1S/C14H18O/c1-2-11-8-13(10-14(15)9-11)12-6-4-3-5-7-12/h3-7,11,13H,2,8-10H2,1H3/t11-,13-/m0/s1. The van der Waals surface area contributed by atoms with Gasteiger partial charge in [0.25, 0.3) is 0 Å². The third-order valence-corrected chi connectivity index (χ3v) is 3.46. The van der Waals surface area contributed by atoms with Crippen LogP contribution in [0.3, 0.4) is 0 Å². The van der Waals surface area contributed by atoms with Crippen LogP contribution in [0.4, 0.5) is 0 Å². The predicted octanol–water partition coefficient (Wildman–Crippen LogP) is 3.55. The van der Waals surface area contributed by atoms with E-state index >= 15 is 0 Å². The first kappa shape index (κ1) is 10.4. The van der Waals surface area contributed by atoms with Crippen molar-refractivity contribution in [2.45, 2.75) is 38.5 Å². The van der Waals surface area contributed by atoms with Crippen LogP contribution in [0.1, 0.15) is 44.1 Å². The summed E-state index contributed by atoms with van der Waals surface area (Å²) in [7, 11) is 0. The third-order valence-electron chi connectivity index (χ3n) is 3.46. The molecule has 0 heterocycles. The highest BCUT2D eigenvalue weighted by molar-refractivity contribution is 5.80. The fraction of sp³-hybridized carbons (Fsp3) is 0.500. The highest BCUT2D eigenvalue weighted by Gasteiger charge is 2.26. The summed E-state index contributed by atoms with van der Waals surface area (Å²) in [6.07, 6.45) is 3.88. The van der Waals surface area contributed by atoms with Gasteiger partial charge in [0, 0.05) is 12.8 Å². The lowest BCUT2D eigenvalue weighted by Crippen LogP contribution is -2.21. The van der Waals surface area contributed by atoms with Gasteiger partial charge in [0.1, 0.15) is 5.78 Å². The van der Waals surface area contributed by atoms with E-state index in [0.717, 1.165) is 19.3 Å². The van der Waals surface area contributed by atoms with Crippen LogP contribution in [-0.2, 0) is 4.79 Å². The highest BCUT2D eigenvalue weighted by Crippen LogP contribution is 2.35. The van der Waals surface area contributed by atoms with Crippen LogP contribution in [0, 0.1) is 5.92 Å². The molecule has 0 radical (unpaired) electrons. The Labute approximate surface area is 91.5 Å². The van der Waals surface area contributed by atoms with Gasteiger partial charge in [-0.2, -0.15) is 0 Å². The number of benzene rings is 1. The summed E-state index contributed by atoms with van der Waals surface area (Å²) in [5.74, 6) is 1.52. The molecule has 2 atom stereocenters. The van der Waals surface area contributed by atoms with E-state index in [0.29, 0.717) is 17.6 Å². The molecule has 0 aromatic heterocycles. The summed E-state index contributed by atoms with van der Waals surface area (Å²) >= 11 is 0. The molecule has 0 amide bonds. The van der Waals surface area contributed by atoms with Gasteiger partial charge in [0.15, 0.2) is 0 Å². The van der Waals surface area contributed by atoms with Crippen molar-refractivity contribution in [3.05, 3.63) is 35.9 Å². The van der Waals surface area contributed by atoms with Gasteiger partial charge in [-0.25, -0.2) is 0 Å². The number of carbonyl (C=O) groups is 1. The summed E-state index contributed by atoms with van der Waals surface area (Å²) in [5, 5.41) is 0. The zero-order chi connectivity index (χ0) is 10.7. The van der Waals surface area contributed by atoms with E-state index in [4.69, 9.17) is 0 Å². The second kappa shape index (κ2) is 4.61. The molecule has 0 N–H and O–H groups in total. The first-order chi connectivity index (χ1) is 7.29. The number of ketones is 1. The van der Waals surface area contributed by atoms with Gasteiger partial charge in [0.2, 0.25) is 0 Å². The Morgan fingerprint density at radius 2 is 1.93 bits per heavy atom. The first-order valence-electron chi connectivity index (χ1n) is 5.86. The van der Waals surface area contributed by atoms with Crippen molar-refractivity contribution >= 4 is 5.78 Å². The molecule has 1 aliphatic carbocycles. The summed E-state index contributed by atoms with van der Waals surface area (Å²) < 4.78 is 0. The van der Waals surface area contributed by atoms with Crippen LogP contribution in [0.15, 0.2) is 30.3 Å². The van der Waals surface area contributed by atoms with E-state index in [1.54, 1.807) is 0 Å². The van der Waals surface area contributed by atoms with Crippen LogP contribution in [0.5, 0.6) is 0 Å². The lowest BCUT2D eigenvalue weighted by atomic mass is 9.76. The van der Waals surface area contributed by atoms with Crippen molar-refractivity contribution in [3.8, 4) is 0 Å². The number of hydrogen-bond donors (Lipinski definition) is 0. The minimum atomic E-state index is 0.446. The van der Waals surface area contributed by atoms with E-state index in [1.165, 1.54) is 12.0 Å². The fourth-order valence-electron chi connectivity index (χ4n) is 2.54. The number of Topliss-reactive ketones (excluding diaryl/α,β-unsaturated/α-hetero) is 1. The van der Waals surface area contributed by atoms with E-state index < -0.39 is 0 Å². The predicted molar refractivity (Wildman–Crippen MR) is 61.8 cm³/mol. The first-order valence-corrected chi connectivity index (χ1v) is 5.86. The molecule has 0 bridgehead atoms. The average Bonchev–Trinajstić information content (AvgIpc) is 2.29. The Balaban J connectivity index is 2.12. The minimum Gasteiger partial charge on any atom is -0.300 e.